The molecule has 0 radical (unpaired) electrons. The third-order valence-electron chi connectivity index (χ3n) is 2.62. The second kappa shape index (κ2) is 5.42. The summed E-state index contributed by atoms with van der Waals surface area (Å²) in [5.41, 5.74) is -0.839. The molecule has 0 spiro atoms. The molecule has 1 aromatic carbocycles. The number of aliphatic hydroxyl groups is 2. The van der Waals surface area contributed by atoms with Crippen molar-refractivity contribution in [3.63, 3.8) is 0 Å². The third kappa shape index (κ3) is 5.11. The van der Waals surface area contributed by atoms with Gasteiger partial charge in [0.05, 0.1) is 11.7 Å². The first kappa shape index (κ1) is 14.6. The van der Waals surface area contributed by atoms with Gasteiger partial charge >= 0.3 is 0 Å². The lowest BCUT2D eigenvalue weighted by Gasteiger charge is -2.33. The van der Waals surface area contributed by atoms with Crippen LogP contribution in [0.2, 0.25) is 0 Å². The monoisotopic (exact) mass is 254 g/mol. The van der Waals surface area contributed by atoms with Gasteiger partial charge in [0.2, 0.25) is 0 Å². The molecule has 0 saturated heterocycles. The highest BCUT2D eigenvalue weighted by atomic mass is 32.2. The zero-order valence-corrected chi connectivity index (χ0v) is 11.8. The fraction of sp³-hybridized carbons (Fsp3) is 0.571. The molecule has 2 nitrogen and oxygen atoms in total. The molecule has 17 heavy (non-hydrogen) atoms. The summed E-state index contributed by atoms with van der Waals surface area (Å²) in [7, 11) is 0. The fourth-order valence-corrected chi connectivity index (χ4v) is 2.70. The predicted octanol–water partition coefficient (Wildman–Crippen LogP) is 3.08. The lowest BCUT2D eigenvalue weighted by atomic mass is 9.93. The van der Waals surface area contributed by atoms with E-state index in [0.29, 0.717) is 6.42 Å². The van der Waals surface area contributed by atoms with Crippen molar-refractivity contribution in [2.24, 2.45) is 0 Å². The number of hydrogen-bond donors (Lipinski definition) is 2. The first-order valence-corrected chi connectivity index (χ1v) is 6.67. The predicted molar refractivity (Wildman–Crippen MR) is 73.3 cm³/mol. The van der Waals surface area contributed by atoms with Crippen molar-refractivity contribution >= 4 is 11.8 Å². The average molecular weight is 254 g/mol. The highest BCUT2D eigenvalue weighted by Crippen LogP contribution is 2.37. The van der Waals surface area contributed by atoms with Crippen molar-refractivity contribution in [3.05, 3.63) is 30.3 Å². The zero-order chi connectivity index (χ0) is 13.1. The van der Waals surface area contributed by atoms with Crippen molar-refractivity contribution in [2.75, 3.05) is 0 Å². The molecule has 0 saturated carbocycles. The van der Waals surface area contributed by atoms with Gasteiger partial charge in [-0.25, -0.2) is 0 Å². The number of benzene rings is 1. The minimum Gasteiger partial charge on any atom is -0.392 e. The molecule has 0 aliphatic heterocycles. The lowest BCUT2D eigenvalue weighted by molar-refractivity contribution is 0.00844. The molecule has 0 aromatic heterocycles. The van der Waals surface area contributed by atoms with E-state index < -0.39 is 11.7 Å². The second-order valence-electron chi connectivity index (χ2n) is 5.55. The maximum Gasteiger partial charge on any atom is 0.0712 e. The van der Waals surface area contributed by atoms with E-state index in [2.05, 4.69) is 0 Å². The van der Waals surface area contributed by atoms with Crippen LogP contribution < -0.4 is 0 Å². The Morgan fingerprint density at radius 2 is 1.65 bits per heavy atom. The van der Waals surface area contributed by atoms with Crippen LogP contribution in [-0.4, -0.2) is 26.7 Å². The summed E-state index contributed by atoms with van der Waals surface area (Å²) in [5.74, 6) is 0. The molecule has 0 amide bonds. The Bertz CT molecular complexity index is 341. The maximum atomic E-state index is 10.2. The Balaban J connectivity index is 2.68. The third-order valence-corrected chi connectivity index (χ3v) is 3.93. The van der Waals surface area contributed by atoms with Gasteiger partial charge in [-0.05, 0) is 39.8 Å². The molecule has 1 atom stereocenters. The van der Waals surface area contributed by atoms with Crippen molar-refractivity contribution in [3.8, 4) is 0 Å². The largest absolute Gasteiger partial charge is 0.392 e. The van der Waals surface area contributed by atoms with Crippen LogP contribution in [0.1, 0.15) is 34.1 Å². The summed E-state index contributed by atoms with van der Waals surface area (Å²) in [6, 6.07) is 10.0. The Labute approximate surface area is 108 Å². The number of hydrogen-bond acceptors (Lipinski definition) is 3. The van der Waals surface area contributed by atoms with E-state index in [0.717, 1.165) is 4.90 Å². The molecule has 2 N–H and O–H groups in total. The Hall–Kier alpha value is -0.510. The summed E-state index contributed by atoms with van der Waals surface area (Å²) in [5, 5.41) is 19.9. The van der Waals surface area contributed by atoms with Crippen molar-refractivity contribution in [2.45, 2.75) is 55.5 Å². The quantitative estimate of drug-likeness (QED) is 0.793. The van der Waals surface area contributed by atoms with E-state index in [4.69, 9.17) is 0 Å². The normalized spacial score (nSPS) is 14.7. The minimum absolute atomic E-state index is 0.318. The van der Waals surface area contributed by atoms with Crippen LogP contribution in [0.4, 0.5) is 0 Å². The summed E-state index contributed by atoms with van der Waals surface area (Å²) >= 11 is 1.63. The molecule has 3 heteroatoms. The maximum absolute atomic E-state index is 10.2. The summed E-state index contributed by atoms with van der Waals surface area (Å²) < 4.78 is -0.318. The molecule has 0 heterocycles. The standard InChI is InChI=1S/C14H22O2S/c1-13(2,16)10-12(15)14(3,4)17-11-8-6-5-7-9-11/h5-9,12,15-16H,10H2,1-4H3. The Morgan fingerprint density at radius 3 is 2.12 bits per heavy atom. The zero-order valence-electron chi connectivity index (χ0n) is 11.0. The first-order valence-electron chi connectivity index (χ1n) is 5.85. The lowest BCUT2D eigenvalue weighted by Crippen LogP contribution is -2.38. The summed E-state index contributed by atoms with van der Waals surface area (Å²) in [6.45, 7) is 7.45. The molecule has 0 aliphatic rings. The van der Waals surface area contributed by atoms with Gasteiger partial charge in [-0.15, -0.1) is 11.8 Å². The number of thioether (sulfide) groups is 1. The van der Waals surface area contributed by atoms with Gasteiger partial charge in [0, 0.05) is 16.1 Å². The summed E-state index contributed by atoms with van der Waals surface area (Å²) in [4.78, 5) is 1.13. The molecule has 0 aliphatic carbocycles. The Kier molecular flexibility index (Phi) is 4.64. The number of rotatable bonds is 5. The minimum atomic E-state index is -0.839. The van der Waals surface area contributed by atoms with Gasteiger partial charge in [-0.3, -0.25) is 0 Å². The van der Waals surface area contributed by atoms with Crippen LogP contribution >= 0.6 is 11.8 Å². The van der Waals surface area contributed by atoms with E-state index in [1.165, 1.54) is 0 Å². The summed E-state index contributed by atoms with van der Waals surface area (Å²) in [6.07, 6.45) is -0.174. The van der Waals surface area contributed by atoms with Crippen LogP contribution in [-0.2, 0) is 0 Å². The van der Waals surface area contributed by atoms with E-state index in [-0.39, 0.29) is 4.75 Å². The molecule has 1 unspecified atom stereocenters. The smallest absolute Gasteiger partial charge is 0.0712 e. The van der Waals surface area contributed by atoms with E-state index in [1.54, 1.807) is 25.6 Å². The average Bonchev–Trinajstić information content (AvgIpc) is 2.15. The van der Waals surface area contributed by atoms with E-state index in [1.807, 2.05) is 44.2 Å². The van der Waals surface area contributed by atoms with Crippen molar-refractivity contribution in [1.82, 2.24) is 0 Å². The highest BCUT2D eigenvalue weighted by Gasteiger charge is 2.32. The van der Waals surface area contributed by atoms with Crippen LogP contribution in [0.5, 0.6) is 0 Å². The SMILES string of the molecule is CC(C)(O)CC(O)C(C)(C)Sc1ccccc1. The van der Waals surface area contributed by atoms with Crippen LogP contribution in [0.15, 0.2) is 35.2 Å². The van der Waals surface area contributed by atoms with Gasteiger partial charge in [0.25, 0.3) is 0 Å². The van der Waals surface area contributed by atoms with Gasteiger partial charge in [0.15, 0.2) is 0 Å². The van der Waals surface area contributed by atoms with Gasteiger partial charge in [-0.1, -0.05) is 18.2 Å². The van der Waals surface area contributed by atoms with Crippen molar-refractivity contribution in [1.29, 1.82) is 0 Å². The molecule has 96 valence electrons. The molecule has 0 bridgehead atoms. The van der Waals surface area contributed by atoms with E-state index in [9.17, 15) is 10.2 Å². The topological polar surface area (TPSA) is 40.5 Å². The molecule has 1 aromatic rings. The van der Waals surface area contributed by atoms with Gasteiger partial charge in [-0.2, -0.15) is 0 Å². The van der Waals surface area contributed by atoms with E-state index >= 15 is 0 Å². The highest BCUT2D eigenvalue weighted by molar-refractivity contribution is 8.00. The van der Waals surface area contributed by atoms with Crippen molar-refractivity contribution < 1.29 is 10.2 Å². The Morgan fingerprint density at radius 1 is 1.12 bits per heavy atom. The van der Waals surface area contributed by atoms with Crippen LogP contribution in [0.3, 0.4) is 0 Å². The molecule has 0 fully saturated rings. The fourth-order valence-electron chi connectivity index (χ4n) is 1.58. The number of aliphatic hydroxyl groups excluding tert-OH is 1. The molecular formula is C14H22O2S. The molecule has 1 rings (SSSR count). The van der Waals surface area contributed by atoms with Crippen LogP contribution in [0, 0.1) is 0 Å². The molecular weight excluding hydrogens is 232 g/mol. The van der Waals surface area contributed by atoms with Gasteiger partial charge in [0.1, 0.15) is 0 Å². The second-order valence-corrected chi connectivity index (χ2v) is 7.28. The van der Waals surface area contributed by atoms with Gasteiger partial charge < -0.3 is 10.2 Å². The van der Waals surface area contributed by atoms with Crippen LogP contribution in [0.25, 0.3) is 0 Å². The first-order chi connectivity index (χ1) is 7.71.